The molecule has 0 unspecified atom stereocenters. The maximum atomic E-state index is 13.5. The van der Waals surface area contributed by atoms with Gasteiger partial charge < -0.3 is 15.2 Å². The maximum Gasteiger partial charge on any atom is 0.354 e. The van der Waals surface area contributed by atoms with Crippen molar-refractivity contribution >= 4 is 23.7 Å². The van der Waals surface area contributed by atoms with Crippen LogP contribution in [-0.4, -0.2) is 31.3 Å². The lowest BCUT2D eigenvalue weighted by atomic mass is 10.1. The molecule has 1 heterocycles. The zero-order valence-electron chi connectivity index (χ0n) is 20.7. The van der Waals surface area contributed by atoms with Gasteiger partial charge in [0.1, 0.15) is 5.75 Å². The number of aryl methyl sites for hydroxylation is 1. The molecule has 188 valence electrons. The Bertz CT molecular complexity index is 1420. The van der Waals surface area contributed by atoms with Crippen LogP contribution in [0.25, 0.3) is 6.08 Å². The molecule has 1 aliphatic rings. The van der Waals surface area contributed by atoms with E-state index in [1.165, 1.54) is 4.57 Å². The highest BCUT2D eigenvalue weighted by atomic mass is 16.5. The van der Waals surface area contributed by atoms with Crippen molar-refractivity contribution in [1.82, 2.24) is 14.1 Å². The average molecular weight is 491 g/mol. The van der Waals surface area contributed by atoms with Gasteiger partial charge in [0.15, 0.2) is 0 Å². The summed E-state index contributed by atoms with van der Waals surface area (Å²) in [5.74, 6) is -0.286. The van der Waals surface area contributed by atoms with E-state index in [-0.39, 0.29) is 25.1 Å². The number of benzene rings is 2. The summed E-state index contributed by atoms with van der Waals surface area (Å²) in [6.07, 6.45) is 2.48. The predicted octanol–water partition coefficient (Wildman–Crippen LogP) is 3.80. The standard InChI is InChI=1S/C27H30N4O5/c1-5-20-14-21(10-11-22(20)36-17(2)3)28-24-29-25(34)31(16-27(12-13-27)23(32)33)26(35)30(24)15-19-8-6-18(4)7-9-19/h5-11,14,17H,1,12-13,15-16H2,2-4H3,(H,32,33)(H,28,29,34). The fourth-order valence-electron chi connectivity index (χ4n) is 3.95. The van der Waals surface area contributed by atoms with Crippen LogP contribution in [0.2, 0.25) is 0 Å². The Kier molecular flexibility index (Phi) is 6.83. The molecule has 0 atom stereocenters. The van der Waals surface area contributed by atoms with Crippen LogP contribution >= 0.6 is 0 Å². The van der Waals surface area contributed by atoms with Gasteiger partial charge in [0.05, 0.1) is 18.1 Å². The van der Waals surface area contributed by atoms with Gasteiger partial charge in [-0.2, -0.15) is 4.98 Å². The number of rotatable bonds is 10. The fourth-order valence-corrected chi connectivity index (χ4v) is 3.95. The number of nitrogens with one attached hydrogen (secondary N) is 1. The van der Waals surface area contributed by atoms with Crippen LogP contribution in [0.3, 0.4) is 0 Å². The first kappa shape index (κ1) is 25.0. The predicted molar refractivity (Wildman–Crippen MR) is 138 cm³/mol. The summed E-state index contributed by atoms with van der Waals surface area (Å²) in [6.45, 7) is 9.61. The van der Waals surface area contributed by atoms with E-state index >= 15 is 0 Å². The Morgan fingerprint density at radius 3 is 2.47 bits per heavy atom. The molecule has 2 N–H and O–H groups in total. The molecule has 0 aliphatic heterocycles. The van der Waals surface area contributed by atoms with Crippen molar-refractivity contribution in [3.63, 3.8) is 0 Å². The Labute approximate surface area is 208 Å². The van der Waals surface area contributed by atoms with Gasteiger partial charge in [-0.1, -0.05) is 42.5 Å². The molecule has 1 saturated carbocycles. The first-order chi connectivity index (χ1) is 17.1. The second-order valence-corrected chi connectivity index (χ2v) is 9.49. The molecule has 2 aromatic carbocycles. The van der Waals surface area contributed by atoms with Gasteiger partial charge in [-0.05, 0) is 57.4 Å². The molecule has 1 aromatic heterocycles. The molecule has 4 rings (SSSR count). The minimum atomic E-state index is -1.09. The lowest BCUT2D eigenvalue weighted by Gasteiger charge is -2.18. The first-order valence-corrected chi connectivity index (χ1v) is 11.8. The molecule has 0 radical (unpaired) electrons. The Balaban J connectivity index is 1.76. The van der Waals surface area contributed by atoms with E-state index in [0.29, 0.717) is 24.3 Å². The minimum absolute atomic E-state index is 0.0166. The molecule has 36 heavy (non-hydrogen) atoms. The van der Waals surface area contributed by atoms with Gasteiger partial charge in [0.25, 0.3) is 0 Å². The zero-order valence-corrected chi connectivity index (χ0v) is 20.7. The van der Waals surface area contributed by atoms with Gasteiger partial charge in [0.2, 0.25) is 5.95 Å². The number of hydrogen-bond donors (Lipinski definition) is 2. The highest BCUT2D eigenvalue weighted by molar-refractivity contribution is 5.77. The number of anilines is 2. The highest BCUT2D eigenvalue weighted by Crippen LogP contribution is 2.46. The van der Waals surface area contributed by atoms with Crippen LogP contribution in [0.5, 0.6) is 5.75 Å². The molecule has 0 bridgehead atoms. The maximum absolute atomic E-state index is 13.5. The normalized spacial score (nSPS) is 13.9. The number of ether oxygens (including phenoxy) is 1. The first-order valence-electron chi connectivity index (χ1n) is 11.8. The summed E-state index contributed by atoms with van der Waals surface area (Å²) in [7, 11) is 0. The largest absolute Gasteiger partial charge is 0.490 e. The number of carbonyl (C=O) groups is 1. The number of aromatic nitrogens is 3. The molecule has 9 nitrogen and oxygen atoms in total. The molecule has 0 amide bonds. The number of carboxylic acid groups (broad SMARTS) is 1. The lowest BCUT2D eigenvalue weighted by Crippen LogP contribution is -2.45. The zero-order chi connectivity index (χ0) is 26.0. The van der Waals surface area contributed by atoms with E-state index in [1.807, 2.05) is 45.0 Å². The monoisotopic (exact) mass is 490 g/mol. The van der Waals surface area contributed by atoms with Crippen molar-refractivity contribution in [2.75, 3.05) is 5.32 Å². The SMILES string of the molecule is C=Cc1cc(Nc2nc(=O)n(CC3(C(=O)O)CC3)c(=O)n2Cc2ccc(C)cc2)ccc1OC(C)C. The molecule has 9 heteroatoms. The second kappa shape index (κ2) is 9.85. The van der Waals surface area contributed by atoms with E-state index in [2.05, 4.69) is 16.9 Å². The van der Waals surface area contributed by atoms with E-state index in [4.69, 9.17) is 4.74 Å². The summed E-state index contributed by atoms with van der Waals surface area (Å²) in [5, 5.41) is 12.7. The van der Waals surface area contributed by atoms with E-state index in [9.17, 15) is 19.5 Å². The average Bonchev–Trinajstić information content (AvgIpc) is 3.62. The number of hydrogen-bond acceptors (Lipinski definition) is 6. The second-order valence-electron chi connectivity index (χ2n) is 9.49. The van der Waals surface area contributed by atoms with Crippen LogP contribution in [0.4, 0.5) is 11.6 Å². The molecule has 0 spiro atoms. The van der Waals surface area contributed by atoms with Crippen molar-refractivity contribution in [2.45, 2.75) is 52.8 Å². The van der Waals surface area contributed by atoms with Crippen LogP contribution in [0, 0.1) is 12.3 Å². The van der Waals surface area contributed by atoms with E-state index < -0.39 is 22.8 Å². The van der Waals surface area contributed by atoms with Crippen molar-refractivity contribution in [3.05, 3.63) is 86.7 Å². The summed E-state index contributed by atoms with van der Waals surface area (Å²) in [6, 6.07) is 13.0. The summed E-state index contributed by atoms with van der Waals surface area (Å²) >= 11 is 0. The van der Waals surface area contributed by atoms with Gasteiger partial charge in [-0.25, -0.2) is 14.2 Å². The van der Waals surface area contributed by atoms with Crippen LogP contribution in [0.1, 0.15) is 43.4 Å². The third-order valence-corrected chi connectivity index (χ3v) is 6.23. The lowest BCUT2D eigenvalue weighted by molar-refractivity contribution is -0.144. The Morgan fingerprint density at radius 2 is 1.89 bits per heavy atom. The van der Waals surface area contributed by atoms with Crippen molar-refractivity contribution in [3.8, 4) is 5.75 Å². The van der Waals surface area contributed by atoms with Crippen molar-refractivity contribution in [1.29, 1.82) is 0 Å². The van der Waals surface area contributed by atoms with Crippen LogP contribution < -0.4 is 21.4 Å². The van der Waals surface area contributed by atoms with Gasteiger partial charge in [0, 0.05) is 17.8 Å². The third kappa shape index (κ3) is 5.25. The molecule has 0 saturated heterocycles. The van der Waals surface area contributed by atoms with E-state index in [1.54, 1.807) is 24.3 Å². The number of carboxylic acids is 1. The molecule has 3 aromatic rings. The van der Waals surface area contributed by atoms with E-state index in [0.717, 1.165) is 21.3 Å². The van der Waals surface area contributed by atoms with Gasteiger partial charge >= 0.3 is 17.3 Å². The quantitative estimate of drug-likeness (QED) is 0.444. The highest BCUT2D eigenvalue weighted by Gasteiger charge is 2.51. The smallest absolute Gasteiger partial charge is 0.354 e. The van der Waals surface area contributed by atoms with Crippen molar-refractivity contribution in [2.24, 2.45) is 5.41 Å². The number of nitrogens with zero attached hydrogens (tertiary/aromatic N) is 3. The van der Waals surface area contributed by atoms with Gasteiger partial charge in [-0.3, -0.25) is 9.36 Å². The summed E-state index contributed by atoms with van der Waals surface area (Å²) in [5.41, 5.74) is 0.744. The minimum Gasteiger partial charge on any atom is -0.490 e. The van der Waals surface area contributed by atoms with Gasteiger partial charge in [-0.15, -0.1) is 0 Å². The van der Waals surface area contributed by atoms with Crippen LogP contribution in [0.15, 0.2) is 58.6 Å². The third-order valence-electron chi connectivity index (χ3n) is 6.23. The summed E-state index contributed by atoms with van der Waals surface area (Å²) < 4.78 is 8.09. The number of aliphatic carboxylic acids is 1. The van der Waals surface area contributed by atoms with Crippen molar-refractivity contribution < 1.29 is 14.6 Å². The molecule has 1 aliphatic carbocycles. The Morgan fingerprint density at radius 1 is 1.19 bits per heavy atom. The fraction of sp³-hybridized carbons (Fsp3) is 0.333. The van der Waals surface area contributed by atoms with Crippen LogP contribution in [-0.2, 0) is 17.9 Å². The molecular weight excluding hydrogens is 460 g/mol. The molecule has 1 fully saturated rings. The molecular formula is C27H30N4O5. The Hall–Kier alpha value is -4.14. The topological polar surface area (TPSA) is 115 Å². The summed E-state index contributed by atoms with van der Waals surface area (Å²) in [4.78, 5) is 42.3.